The van der Waals surface area contributed by atoms with Crippen LogP contribution in [0.1, 0.15) is 29.7 Å². The van der Waals surface area contributed by atoms with E-state index in [1.807, 2.05) is 32.0 Å². The molecule has 1 aromatic carbocycles. The molecule has 0 radical (unpaired) electrons. The number of aliphatic carboxylic acids is 1. The Kier molecular flexibility index (Phi) is 5.29. The second-order valence-corrected chi connectivity index (χ2v) is 6.53. The zero-order valence-electron chi connectivity index (χ0n) is 14.2. The van der Waals surface area contributed by atoms with Crippen LogP contribution in [0, 0.1) is 25.7 Å². The lowest BCUT2D eigenvalue weighted by Crippen LogP contribution is -2.40. The summed E-state index contributed by atoms with van der Waals surface area (Å²) >= 11 is 0. The van der Waals surface area contributed by atoms with Crippen molar-refractivity contribution in [2.45, 2.75) is 33.0 Å². The van der Waals surface area contributed by atoms with Gasteiger partial charge in [-0.15, -0.1) is 0 Å². The molecule has 2 N–H and O–H groups in total. The molecular weight excluding hydrogens is 337 g/mol. The lowest BCUT2D eigenvalue weighted by atomic mass is 9.96. The summed E-state index contributed by atoms with van der Waals surface area (Å²) in [4.78, 5) is 24.3. The number of urea groups is 1. The van der Waals surface area contributed by atoms with Gasteiger partial charge in [-0.3, -0.25) is 4.79 Å². The molecule has 1 unspecified atom stereocenters. The smallest absolute Gasteiger partial charge is 0.394 e. The fourth-order valence-corrected chi connectivity index (χ4v) is 3.22. The Morgan fingerprint density at radius 2 is 1.92 bits per heavy atom. The van der Waals surface area contributed by atoms with Gasteiger partial charge in [0.25, 0.3) is 0 Å². The normalized spacial score (nSPS) is 21.9. The fourth-order valence-electron chi connectivity index (χ4n) is 3.22. The summed E-state index contributed by atoms with van der Waals surface area (Å²) in [6.07, 6.45) is -4.66. The SMILES string of the molecule is Cc1ccc(C(C)NC(=O)N2C[C@@H](C(F)(F)F)[C@H](C(=O)O)C2)c(C)c1. The van der Waals surface area contributed by atoms with Crippen molar-refractivity contribution in [3.8, 4) is 0 Å². The molecule has 0 bridgehead atoms. The fraction of sp³-hybridized carbons (Fsp3) is 0.529. The van der Waals surface area contributed by atoms with E-state index in [-0.39, 0.29) is 0 Å². The summed E-state index contributed by atoms with van der Waals surface area (Å²) in [7, 11) is 0. The molecule has 1 aliphatic rings. The lowest BCUT2D eigenvalue weighted by Gasteiger charge is -2.22. The van der Waals surface area contributed by atoms with Gasteiger partial charge in [0.2, 0.25) is 0 Å². The molecule has 1 saturated heterocycles. The number of halogens is 3. The summed E-state index contributed by atoms with van der Waals surface area (Å²) in [5.74, 6) is -5.23. The molecule has 3 atom stereocenters. The first-order chi connectivity index (χ1) is 11.5. The average molecular weight is 358 g/mol. The summed E-state index contributed by atoms with van der Waals surface area (Å²) in [5, 5.41) is 11.7. The number of amides is 2. The van der Waals surface area contributed by atoms with Crippen molar-refractivity contribution < 1.29 is 27.9 Å². The number of hydrogen-bond donors (Lipinski definition) is 2. The van der Waals surface area contributed by atoms with E-state index in [0.717, 1.165) is 21.6 Å². The second kappa shape index (κ2) is 6.93. The number of hydrogen-bond acceptors (Lipinski definition) is 2. The van der Waals surface area contributed by atoms with Crippen LogP contribution in [0.5, 0.6) is 0 Å². The van der Waals surface area contributed by atoms with E-state index in [1.165, 1.54) is 0 Å². The van der Waals surface area contributed by atoms with Gasteiger partial charge in [-0.05, 0) is 31.9 Å². The predicted molar refractivity (Wildman–Crippen MR) is 85.1 cm³/mol. The Hall–Kier alpha value is -2.25. The molecule has 2 amide bonds. The molecule has 0 aromatic heterocycles. The van der Waals surface area contributed by atoms with E-state index in [2.05, 4.69) is 5.32 Å². The number of nitrogens with one attached hydrogen (secondary N) is 1. The van der Waals surface area contributed by atoms with Crippen molar-refractivity contribution in [2.24, 2.45) is 11.8 Å². The van der Waals surface area contributed by atoms with Crippen molar-refractivity contribution >= 4 is 12.0 Å². The van der Waals surface area contributed by atoms with Crippen LogP contribution in [0.2, 0.25) is 0 Å². The number of nitrogens with zero attached hydrogens (tertiary/aromatic N) is 1. The van der Waals surface area contributed by atoms with Crippen molar-refractivity contribution in [2.75, 3.05) is 13.1 Å². The number of carbonyl (C=O) groups excluding carboxylic acids is 1. The van der Waals surface area contributed by atoms with Gasteiger partial charge in [-0.25, -0.2) is 4.79 Å². The van der Waals surface area contributed by atoms with Gasteiger partial charge in [-0.1, -0.05) is 23.8 Å². The second-order valence-electron chi connectivity index (χ2n) is 6.53. The molecule has 8 heteroatoms. The first-order valence-corrected chi connectivity index (χ1v) is 7.92. The van der Waals surface area contributed by atoms with Crippen LogP contribution in [-0.4, -0.2) is 41.3 Å². The van der Waals surface area contributed by atoms with Gasteiger partial charge in [0, 0.05) is 13.1 Å². The highest BCUT2D eigenvalue weighted by atomic mass is 19.4. The van der Waals surface area contributed by atoms with Crippen molar-refractivity contribution in [3.05, 3.63) is 34.9 Å². The minimum atomic E-state index is -4.66. The third-order valence-electron chi connectivity index (χ3n) is 4.58. The molecular formula is C17H21F3N2O3. The van der Waals surface area contributed by atoms with Crippen LogP contribution in [0.4, 0.5) is 18.0 Å². The third-order valence-corrected chi connectivity index (χ3v) is 4.58. The van der Waals surface area contributed by atoms with Gasteiger partial charge in [0.1, 0.15) is 0 Å². The minimum Gasteiger partial charge on any atom is -0.481 e. The molecule has 25 heavy (non-hydrogen) atoms. The van der Waals surface area contributed by atoms with Crippen molar-refractivity contribution in [3.63, 3.8) is 0 Å². The van der Waals surface area contributed by atoms with Crippen molar-refractivity contribution in [1.29, 1.82) is 0 Å². The molecule has 0 saturated carbocycles. The van der Waals surface area contributed by atoms with Crippen LogP contribution in [0.25, 0.3) is 0 Å². The maximum Gasteiger partial charge on any atom is 0.394 e. The molecule has 138 valence electrons. The Bertz CT molecular complexity index is 676. The Morgan fingerprint density at radius 3 is 2.40 bits per heavy atom. The number of aryl methyl sites for hydroxylation is 2. The number of rotatable bonds is 3. The monoisotopic (exact) mass is 358 g/mol. The first-order valence-electron chi connectivity index (χ1n) is 7.92. The molecule has 5 nitrogen and oxygen atoms in total. The van der Waals surface area contributed by atoms with Crippen LogP contribution >= 0.6 is 0 Å². The molecule has 1 heterocycles. The first kappa shape index (κ1) is 19.1. The van der Waals surface area contributed by atoms with Gasteiger partial charge in [-0.2, -0.15) is 13.2 Å². The topological polar surface area (TPSA) is 69.6 Å². The number of alkyl halides is 3. The quantitative estimate of drug-likeness (QED) is 0.871. The average Bonchev–Trinajstić information content (AvgIpc) is 2.92. The zero-order valence-corrected chi connectivity index (χ0v) is 14.2. The number of carbonyl (C=O) groups is 2. The zero-order chi connectivity index (χ0) is 18.9. The summed E-state index contributed by atoms with van der Waals surface area (Å²) < 4.78 is 39.0. The predicted octanol–water partition coefficient (Wildman–Crippen LogP) is 3.27. The van der Waals surface area contributed by atoms with Gasteiger partial charge in [0.05, 0.1) is 17.9 Å². The van der Waals surface area contributed by atoms with E-state index in [9.17, 15) is 22.8 Å². The highest BCUT2D eigenvalue weighted by molar-refractivity contribution is 5.78. The number of benzene rings is 1. The van der Waals surface area contributed by atoms with Gasteiger partial charge < -0.3 is 15.3 Å². The summed E-state index contributed by atoms with van der Waals surface area (Å²) in [6.45, 7) is 4.47. The third kappa shape index (κ3) is 4.24. The van der Waals surface area contributed by atoms with Crippen molar-refractivity contribution in [1.82, 2.24) is 10.2 Å². The molecule has 1 aliphatic heterocycles. The highest BCUT2D eigenvalue weighted by Gasteiger charge is 2.53. The maximum absolute atomic E-state index is 13.0. The molecule has 0 spiro atoms. The number of likely N-dealkylation sites (tertiary alicyclic amines) is 1. The Labute approximate surface area is 143 Å². The van der Waals surface area contributed by atoms with Crippen LogP contribution in [0.15, 0.2) is 18.2 Å². The van der Waals surface area contributed by atoms with Crippen LogP contribution < -0.4 is 5.32 Å². The summed E-state index contributed by atoms with van der Waals surface area (Å²) in [6, 6.07) is 4.61. The van der Waals surface area contributed by atoms with Gasteiger partial charge >= 0.3 is 18.2 Å². The molecule has 2 rings (SSSR count). The van der Waals surface area contributed by atoms with E-state index < -0.39 is 49.1 Å². The van der Waals surface area contributed by atoms with Crippen LogP contribution in [0.3, 0.4) is 0 Å². The van der Waals surface area contributed by atoms with Crippen LogP contribution in [-0.2, 0) is 4.79 Å². The standard InChI is InChI=1S/C17H21F3N2O3/c1-9-4-5-12(10(2)6-9)11(3)21-16(25)22-7-13(15(23)24)14(8-22)17(18,19)20/h4-6,11,13-14H,7-8H2,1-3H3,(H,21,25)(H,23,24)/t11?,13-,14-/m1/s1. The summed E-state index contributed by atoms with van der Waals surface area (Å²) in [5.41, 5.74) is 2.89. The Balaban J connectivity index is 2.09. The minimum absolute atomic E-state index is 0.402. The molecule has 0 aliphatic carbocycles. The lowest BCUT2D eigenvalue weighted by molar-refractivity contribution is -0.187. The van der Waals surface area contributed by atoms with E-state index in [0.29, 0.717) is 0 Å². The number of carboxylic acid groups (broad SMARTS) is 1. The van der Waals surface area contributed by atoms with E-state index in [4.69, 9.17) is 5.11 Å². The molecule has 1 aromatic rings. The van der Waals surface area contributed by atoms with E-state index >= 15 is 0 Å². The molecule has 1 fully saturated rings. The number of carboxylic acids is 1. The van der Waals surface area contributed by atoms with Gasteiger partial charge in [0.15, 0.2) is 0 Å². The largest absolute Gasteiger partial charge is 0.481 e. The highest BCUT2D eigenvalue weighted by Crippen LogP contribution is 2.37. The maximum atomic E-state index is 13.0. The van der Waals surface area contributed by atoms with E-state index in [1.54, 1.807) is 6.92 Å². The Morgan fingerprint density at radius 1 is 1.28 bits per heavy atom.